The van der Waals surface area contributed by atoms with Gasteiger partial charge in [-0.1, -0.05) is 29.3 Å². The molecule has 0 spiro atoms. The van der Waals surface area contributed by atoms with Crippen LogP contribution < -0.4 is 16.0 Å². The highest BCUT2D eigenvalue weighted by atomic mass is 35.5. The normalized spacial score (nSPS) is 11.5. The molecular formula is C15H22Cl2N4O. The Morgan fingerprint density at radius 2 is 2.00 bits per heavy atom. The van der Waals surface area contributed by atoms with Crippen LogP contribution in [0.5, 0.6) is 0 Å². The van der Waals surface area contributed by atoms with E-state index in [-0.39, 0.29) is 11.9 Å². The lowest BCUT2D eigenvalue weighted by Crippen LogP contribution is -2.39. The molecule has 0 fully saturated rings. The van der Waals surface area contributed by atoms with Gasteiger partial charge in [0.05, 0.1) is 0 Å². The van der Waals surface area contributed by atoms with Crippen molar-refractivity contribution in [3.05, 3.63) is 33.8 Å². The average molecular weight is 345 g/mol. The molecule has 22 heavy (non-hydrogen) atoms. The SMILES string of the molecule is CN=C(NCCC(=O)NC(C)C)NCc1ccc(Cl)cc1Cl. The van der Waals surface area contributed by atoms with Crippen LogP contribution >= 0.6 is 23.2 Å². The number of hydrogen-bond donors (Lipinski definition) is 3. The number of amides is 1. The highest BCUT2D eigenvalue weighted by Crippen LogP contribution is 2.20. The third-order valence-corrected chi connectivity index (χ3v) is 3.37. The lowest BCUT2D eigenvalue weighted by atomic mass is 10.2. The van der Waals surface area contributed by atoms with Crippen molar-refractivity contribution >= 4 is 35.1 Å². The summed E-state index contributed by atoms with van der Waals surface area (Å²) in [5.41, 5.74) is 0.923. The highest BCUT2D eigenvalue weighted by Gasteiger charge is 2.05. The summed E-state index contributed by atoms with van der Waals surface area (Å²) < 4.78 is 0. The summed E-state index contributed by atoms with van der Waals surface area (Å²) in [6, 6.07) is 5.50. The van der Waals surface area contributed by atoms with Crippen molar-refractivity contribution in [1.82, 2.24) is 16.0 Å². The van der Waals surface area contributed by atoms with Crippen molar-refractivity contribution in [1.29, 1.82) is 0 Å². The van der Waals surface area contributed by atoms with Crippen LogP contribution in [0.3, 0.4) is 0 Å². The number of nitrogens with zero attached hydrogens (tertiary/aromatic N) is 1. The van der Waals surface area contributed by atoms with E-state index in [1.807, 2.05) is 19.9 Å². The van der Waals surface area contributed by atoms with E-state index in [0.29, 0.717) is 35.5 Å². The van der Waals surface area contributed by atoms with Crippen LogP contribution in [0.2, 0.25) is 10.0 Å². The number of carbonyl (C=O) groups excluding carboxylic acids is 1. The lowest BCUT2D eigenvalue weighted by Gasteiger charge is -2.13. The third kappa shape index (κ3) is 7.00. The van der Waals surface area contributed by atoms with Gasteiger partial charge in [0.2, 0.25) is 5.91 Å². The molecule has 1 aromatic carbocycles. The number of guanidine groups is 1. The second-order valence-corrected chi connectivity index (χ2v) is 5.90. The quantitative estimate of drug-likeness (QED) is 0.548. The van der Waals surface area contributed by atoms with Crippen molar-refractivity contribution in [3.8, 4) is 0 Å². The average Bonchev–Trinajstić information content (AvgIpc) is 2.43. The molecule has 0 saturated heterocycles. The standard InChI is InChI=1S/C15H22Cl2N4O/c1-10(2)21-14(22)6-7-19-15(18-3)20-9-11-4-5-12(16)8-13(11)17/h4-5,8,10H,6-7,9H2,1-3H3,(H,21,22)(H2,18,19,20). The number of rotatable bonds is 6. The van der Waals surface area contributed by atoms with Gasteiger partial charge in [-0.25, -0.2) is 0 Å². The van der Waals surface area contributed by atoms with E-state index in [1.54, 1.807) is 19.2 Å². The zero-order chi connectivity index (χ0) is 16.5. The first-order valence-electron chi connectivity index (χ1n) is 7.10. The molecule has 0 aliphatic heterocycles. The summed E-state index contributed by atoms with van der Waals surface area (Å²) >= 11 is 12.0. The third-order valence-electron chi connectivity index (χ3n) is 2.78. The molecule has 0 aliphatic carbocycles. The van der Waals surface area contributed by atoms with E-state index in [4.69, 9.17) is 23.2 Å². The molecule has 0 unspecified atom stereocenters. The zero-order valence-electron chi connectivity index (χ0n) is 13.0. The molecule has 0 radical (unpaired) electrons. The van der Waals surface area contributed by atoms with Crippen LogP contribution in [-0.4, -0.2) is 31.5 Å². The van der Waals surface area contributed by atoms with E-state index in [9.17, 15) is 4.79 Å². The Morgan fingerprint density at radius 1 is 1.27 bits per heavy atom. The maximum atomic E-state index is 11.5. The van der Waals surface area contributed by atoms with Crippen molar-refractivity contribution in [2.75, 3.05) is 13.6 Å². The molecule has 122 valence electrons. The molecule has 0 saturated carbocycles. The first kappa shape index (κ1) is 18.6. The molecular weight excluding hydrogens is 323 g/mol. The van der Waals surface area contributed by atoms with Crippen LogP contribution in [0.1, 0.15) is 25.8 Å². The van der Waals surface area contributed by atoms with Crippen LogP contribution in [0.25, 0.3) is 0 Å². The van der Waals surface area contributed by atoms with E-state index in [1.165, 1.54) is 0 Å². The Morgan fingerprint density at radius 3 is 2.59 bits per heavy atom. The van der Waals surface area contributed by atoms with Gasteiger partial charge in [-0.3, -0.25) is 9.79 Å². The molecule has 3 N–H and O–H groups in total. The Bertz CT molecular complexity index is 532. The minimum absolute atomic E-state index is 0.0127. The van der Waals surface area contributed by atoms with Crippen molar-refractivity contribution in [2.45, 2.75) is 32.9 Å². The first-order valence-corrected chi connectivity index (χ1v) is 7.85. The van der Waals surface area contributed by atoms with E-state index in [2.05, 4.69) is 20.9 Å². The fraction of sp³-hybridized carbons (Fsp3) is 0.467. The summed E-state index contributed by atoms with van der Waals surface area (Å²) in [6.45, 7) is 4.89. The number of benzene rings is 1. The summed E-state index contributed by atoms with van der Waals surface area (Å²) in [5, 5.41) is 10.3. The van der Waals surface area contributed by atoms with Crippen molar-refractivity contribution in [2.24, 2.45) is 4.99 Å². The van der Waals surface area contributed by atoms with Gasteiger partial charge in [-0.15, -0.1) is 0 Å². The number of halogens is 2. The Kier molecular flexibility index (Phi) is 8.06. The van der Waals surface area contributed by atoms with Gasteiger partial charge < -0.3 is 16.0 Å². The minimum atomic E-state index is 0.0127. The van der Waals surface area contributed by atoms with Gasteiger partial charge in [0.15, 0.2) is 5.96 Å². The molecule has 1 amide bonds. The smallest absolute Gasteiger partial charge is 0.221 e. The first-order chi connectivity index (χ1) is 10.4. The fourth-order valence-corrected chi connectivity index (χ4v) is 2.23. The lowest BCUT2D eigenvalue weighted by molar-refractivity contribution is -0.121. The predicted molar refractivity (Wildman–Crippen MR) is 92.6 cm³/mol. The molecule has 1 aromatic rings. The molecule has 5 nitrogen and oxygen atoms in total. The summed E-state index contributed by atoms with van der Waals surface area (Å²) in [4.78, 5) is 15.6. The Balaban J connectivity index is 2.38. The Labute approximate surface area is 141 Å². The number of nitrogens with one attached hydrogen (secondary N) is 3. The number of carbonyl (C=O) groups is 1. The van der Waals surface area contributed by atoms with Gasteiger partial charge in [-0.2, -0.15) is 0 Å². The maximum Gasteiger partial charge on any atom is 0.221 e. The molecule has 0 heterocycles. The highest BCUT2D eigenvalue weighted by molar-refractivity contribution is 6.35. The predicted octanol–water partition coefficient (Wildman–Crippen LogP) is 2.57. The second kappa shape index (κ2) is 9.54. The van der Waals surface area contributed by atoms with Crippen molar-refractivity contribution in [3.63, 3.8) is 0 Å². The Hall–Kier alpha value is -1.46. The van der Waals surface area contributed by atoms with Gasteiger partial charge in [0.25, 0.3) is 0 Å². The van der Waals surface area contributed by atoms with Crippen LogP contribution in [0.4, 0.5) is 0 Å². The summed E-state index contributed by atoms with van der Waals surface area (Å²) in [5.74, 6) is 0.627. The topological polar surface area (TPSA) is 65.5 Å². The van der Waals surface area contributed by atoms with E-state index >= 15 is 0 Å². The maximum absolute atomic E-state index is 11.5. The van der Waals surface area contributed by atoms with Gasteiger partial charge >= 0.3 is 0 Å². The molecule has 0 atom stereocenters. The summed E-state index contributed by atoms with van der Waals surface area (Å²) in [6.07, 6.45) is 0.389. The molecule has 0 aromatic heterocycles. The number of aliphatic imine (C=N–C) groups is 1. The minimum Gasteiger partial charge on any atom is -0.356 e. The van der Waals surface area contributed by atoms with Gasteiger partial charge in [0, 0.05) is 42.6 Å². The van der Waals surface area contributed by atoms with Gasteiger partial charge in [0.1, 0.15) is 0 Å². The molecule has 7 heteroatoms. The van der Waals surface area contributed by atoms with Gasteiger partial charge in [-0.05, 0) is 31.5 Å². The van der Waals surface area contributed by atoms with Crippen LogP contribution in [-0.2, 0) is 11.3 Å². The second-order valence-electron chi connectivity index (χ2n) is 5.06. The molecule has 1 rings (SSSR count). The summed E-state index contributed by atoms with van der Waals surface area (Å²) in [7, 11) is 1.67. The zero-order valence-corrected chi connectivity index (χ0v) is 14.6. The van der Waals surface area contributed by atoms with E-state index < -0.39 is 0 Å². The van der Waals surface area contributed by atoms with Crippen LogP contribution in [0.15, 0.2) is 23.2 Å². The monoisotopic (exact) mass is 344 g/mol. The molecule has 0 bridgehead atoms. The number of hydrogen-bond acceptors (Lipinski definition) is 2. The fourth-order valence-electron chi connectivity index (χ4n) is 1.75. The van der Waals surface area contributed by atoms with Crippen LogP contribution in [0, 0.1) is 0 Å². The van der Waals surface area contributed by atoms with Crippen molar-refractivity contribution < 1.29 is 4.79 Å². The largest absolute Gasteiger partial charge is 0.356 e. The molecule has 0 aliphatic rings. The van der Waals surface area contributed by atoms with E-state index in [0.717, 1.165) is 5.56 Å².